The molecule has 1 heterocycles. The first-order valence-electron chi connectivity index (χ1n) is 5.87. The van der Waals surface area contributed by atoms with Crippen LogP contribution in [-0.2, 0) is 4.74 Å². The molecule has 0 radical (unpaired) electrons. The fourth-order valence-corrected chi connectivity index (χ4v) is 1.93. The zero-order chi connectivity index (χ0) is 12.1. The third kappa shape index (κ3) is 3.62. The van der Waals surface area contributed by atoms with Crippen LogP contribution in [0.15, 0.2) is 18.3 Å². The molecule has 1 aromatic heterocycles. The molecule has 0 bridgehead atoms. The number of pyridine rings is 1. The molecule has 1 saturated carbocycles. The summed E-state index contributed by atoms with van der Waals surface area (Å²) in [5.41, 5.74) is 0. The smallest absolute Gasteiger partial charge is 0.413 e. The lowest BCUT2D eigenvalue weighted by atomic mass is 9.98. The normalized spacial score (nSPS) is 16.5. The Balaban J connectivity index is 1.82. The minimum atomic E-state index is -0.477. The molecule has 0 unspecified atom stereocenters. The van der Waals surface area contributed by atoms with E-state index in [0.29, 0.717) is 5.82 Å². The van der Waals surface area contributed by atoms with Gasteiger partial charge in [0.15, 0.2) is 0 Å². The van der Waals surface area contributed by atoms with Crippen LogP contribution in [0.2, 0.25) is 0 Å². The predicted octanol–water partition coefficient (Wildman–Crippen LogP) is 2.67. The van der Waals surface area contributed by atoms with E-state index in [1.807, 2.05) is 0 Å². The molecule has 2 rings (SSSR count). The first-order chi connectivity index (χ1) is 8.24. The largest absolute Gasteiger partial charge is 0.506 e. The molecule has 17 heavy (non-hydrogen) atoms. The van der Waals surface area contributed by atoms with Gasteiger partial charge in [0.1, 0.15) is 17.7 Å². The number of amides is 1. The van der Waals surface area contributed by atoms with Crippen molar-refractivity contribution >= 4 is 11.9 Å². The second-order valence-corrected chi connectivity index (χ2v) is 4.19. The van der Waals surface area contributed by atoms with Crippen molar-refractivity contribution < 1.29 is 14.6 Å². The van der Waals surface area contributed by atoms with Crippen LogP contribution < -0.4 is 5.32 Å². The van der Waals surface area contributed by atoms with E-state index < -0.39 is 6.09 Å². The second-order valence-electron chi connectivity index (χ2n) is 4.19. The van der Waals surface area contributed by atoms with Crippen molar-refractivity contribution in [2.24, 2.45) is 0 Å². The summed E-state index contributed by atoms with van der Waals surface area (Å²) in [4.78, 5) is 15.4. The number of aromatic hydroxyl groups is 1. The molecule has 1 aliphatic carbocycles. The van der Waals surface area contributed by atoms with Gasteiger partial charge in [-0.05, 0) is 37.8 Å². The van der Waals surface area contributed by atoms with E-state index >= 15 is 0 Å². The van der Waals surface area contributed by atoms with Gasteiger partial charge in [-0.25, -0.2) is 9.78 Å². The summed E-state index contributed by atoms with van der Waals surface area (Å²) < 4.78 is 5.27. The van der Waals surface area contributed by atoms with Crippen LogP contribution in [0.25, 0.3) is 0 Å². The molecule has 5 nitrogen and oxygen atoms in total. The van der Waals surface area contributed by atoms with Crippen molar-refractivity contribution in [3.05, 3.63) is 18.3 Å². The van der Waals surface area contributed by atoms with E-state index in [9.17, 15) is 4.79 Å². The Morgan fingerprint density at radius 2 is 2.12 bits per heavy atom. The van der Waals surface area contributed by atoms with Crippen LogP contribution in [-0.4, -0.2) is 22.3 Å². The van der Waals surface area contributed by atoms with Gasteiger partial charge in [0, 0.05) is 0 Å². The number of ether oxygens (including phenoxy) is 1. The maximum absolute atomic E-state index is 11.5. The van der Waals surface area contributed by atoms with E-state index in [0.717, 1.165) is 25.7 Å². The van der Waals surface area contributed by atoms with E-state index in [1.54, 1.807) is 0 Å². The van der Waals surface area contributed by atoms with Crippen LogP contribution in [0.1, 0.15) is 32.1 Å². The number of carbonyl (C=O) groups excluding carboxylic acids is 1. The average Bonchev–Trinajstić information content (AvgIpc) is 2.33. The van der Waals surface area contributed by atoms with Crippen molar-refractivity contribution in [1.82, 2.24) is 4.98 Å². The van der Waals surface area contributed by atoms with Crippen LogP contribution in [0.4, 0.5) is 10.6 Å². The Hall–Kier alpha value is -1.78. The summed E-state index contributed by atoms with van der Waals surface area (Å²) in [7, 11) is 0. The van der Waals surface area contributed by atoms with Crippen LogP contribution in [0.3, 0.4) is 0 Å². The Morgan fingerprint density at radius 3 is 2.76 bits per heavy atom. The van der Waals surface area contributed by atoms with Gasteiger partial charge < -0.3 is 9.84 Å². The van der Waals surface area contributed by atoms with Crippen molar-refractivity contribution in [2.75, 3.05) is 5.32 Å². The minimum absolute atomic E-state index is 0.0286. The van der Waals surface area contributed by atoms with E-state index in [2.05, 4.69) is 10.3 Å². The molecular weight excluding hydrogens is 220 g/mol. The van der Waals surface area contributed by atoms with Gasteiger partial charge in [0.2, 0.25) is 0 Å². The topological polar surface area (TPSA) is 71.5 Å². The number of hydrogen-bond acceptors (Lipinski definition) is 4. The number of nitrogens with zero attached hydrogens (tertiary/aromatic N) is 1. The fourth-order valence-electron chi connectivity index (χ4n) is 1.93. The highest BCUT2D eigenvalue weighted by Gasteiger charge is 2.17. The molecule has 5 heteroatoms. The molecule has 1 amide bonds. The fraction of sp³-hybridized carbons (Fsp3) is 0.500. The van der Waals surface area contributed by atoms with Gasteiger partial charge in [0.25, 0.3) is 0 Å². The molecule has 0 spiro atoms. The zero-order valence-electron chi connectivity index (χ0n) is 9.56. The van der Waals surface area contributed by atoms with Gasteiger partial charge in [-0.15, -0.1) is 0 Å². The van der Waals surface area contributed by atoms with Gasteiger partial charge in [-0.3, -0.25) is 5.32 Å². The summed E-state index contributed by atoms with van der Waals surface area (Å²) in [5.74, 6) is 0.444. The number of nitrogens with one attached hydrogen (secondary N) is 1. The summed E-state index contributed by atoms with van der Waals surface area (Å²) in [6.45, 7) is 0. The minimum Gasteiger partial charge on any atom is -0.506 e. The quantitative estimate of drug-likeness (QED) is 0.828. The molecule has 1 fully saturated rings. The molecule has 0 aliphatic heterocycles. The first kappa shape index (κ1) is 11.7. The summed E-state index contributed by atoms with van der Waals surface area (Å²) in [6, 6.07) is 2.99. The van der Waals surface area contributed by atoms with E-state index in [-0.39, 0.29) is 11.9 Å². The first-order valence-corrected chi connectivity index (χ1v) is 5.87. The highest BCUT2D eigenvalue weighted by molar-refractivity contribution is 5.83. The average molecular weight is 236 g/mol. The van der Waals surface area contributed by atoms with Crippen molar-refractivity contribution in [1.29, 1.82) is 0 Å². The Labute approximate surface area is 99.8 Å². The van der Waals surface area contributed by atoms with Crippen LogP contribution in [0.5, 0.6) is 5.75 Å². The highest BCUT2D eigenvalue weighted by atomic mass is 16.6. The second kappa shape index (κ2) is 5.52. The van der Waals surface area contributed by atoms with Crippen molar-refractivity contribution in [3.63, 3.8) is 0 Å². The van der Waals surface area contributed by atoms with Crippen LogP contribution in [0, 0.1) is 0 Å². The molecule has 92 valence electrons. The lowest BCUT2D eigenvalue weighted by Crippen LogP contribution is -2.24. The van der Waals surface area contributed by atoms with Crippen molar-refractivity contribution in [2.45, 2.75) is 38.2 Å². The molecule has 1 aromatic rings. The third-order valence-corrected chi connectivity index (χ3v) is 2.80. The predicted molar refractivity (Wildman–Crippen MR) is 62.9 cm³/mol. The highest BCUT2D eigenvalue weighted by Crippen LogP contribution is 2.20. The number of anilines is 1. The summed E-state index contributed by atoms with van der Waals surface area (Å²) in [6.07, 6.45) is 6.17. The summed E-state index contributed by atoms with van der Waals surface area (Å²) >= 11 is 0. The van der Waals surface area contributed by atoms with E-state index in [4.69, 9.17) is 9.84 Å². The molecule has 1 aliphatic rings. The maximum Gasteiger partial charge on any atom is 0.413 e. The SMILES string of the molecule is O=C(Nc1ccc(O)cn1)OC1CCCCC1. The molecule has 0 atom stereocenters. The van der Waals surface area contributed by atoms with Gasteiger partial charge in [0.05, 0.1) is 6.20 Å². The Kier molecular flexibility index (Phi) is 3.80. The summed E-state index contributed by atoms with van der Waals surface area (Å²) in [5, 5.41) is 11.6. The van der Waals surface area contributed by atoms with Gasteiger partial charge >= 0.3 is 6.09 Å². The van der Waals surface area contributed by atoms with E-state index in [1.165, 1.54) is 24.8 Å². The number of carbonyl (C=O) groups is 1. The number of rotatable bonds is 2. The number of aromatic nitrogens is 1. The monoisotopic (exact) mass is 236 g/mol. The standard InChI is InChI=1S/C12H16N2O3/c15-9-6-7-11(13-8-9)14-12(16)17-10-4-2-1-3-5-10/h6-8,10,15H,1-5H2,(H,13,14,16). The molecular formula is C12H16N2O3. The zero-order valence-corrected chi connectivity index (χ0v) is 9.56. The molecule has 0 saturated heterocycles. The van der Waals surface area contributed by atoms with Gasteiger partial charge in [-0.1, -0.05) is 6.42 Å². The molecule has 2 N–H and O–H groups in total. The third-order valence-electron chi connectivity index (χ3n) is 2.80. The molecule has 0 aromatic carbocycles. The maximum atomic E-state index is 11.5. The van der Waals surface area contributed by atoms with Gasteiger partial charge in [-0.2, -0.15) is 0 Å². The van der Waals surface area contributed by atoms with Crippen molar-refractivity contribution in [3.8, 4) is 5.75 Å². The lowest BCUT2D eigenvalue weighted by molar-refractivity contribution is 0.0864. The van der Waals surface area contributed by atoms with Crippen LogP contribution >= 0.6 is 0 Å². The Bertz CT molecular complexity index is 372. The Morgan fingerprint density at radius 1 is 1.35 bits per heavy atom. The number of hydrogen-bond donors (Lipinski definition) is 2. The lowest BCUT2D eigenvalue weighted by Gasteiger charge is -2.21.